The molecule has 1 aliphatic heterocycles. The van der Waals surface area contributed by atoms with Crippen molar-refractivity contribution in [1.82, 2.24) is 9.47 Å². The monoisotopic (exact) mass is 590 g/mol. The lowest BCUT2D eigenvalue weighted by molar-refractivity contribution is -0.139. The van der Waals surface area contributed by atoms with Crippen molar-refractivity contribution >= 4 is 38.0 Å². The first-order chi connectivity index (χ1) is 19.3. The number of amides is 1. The van der Waals surface area contributed by atoms with Gasteiger partial charge in [0.2, 0.25) is 5.91 Å². The second-order valence-electron chi connectivity index (χ2n) is 10.3. The number of benzene rings is 2. The largest absolute Gasteiger partial charge is 0.495 e. The highest BCUT2D eigenvalue weighted by Crippen LogP contribution is 2.33. The lowest BCUT2D eigenvalue weighted by Gasteiger charge is -2.31. The van der Waals surface area contributed by atoms with Gasteiger partial charge in [-0.2, -0.15) is 13.2 Å². The molecular formula is C29H33F3N4O4S. The standard InChI is InChI=1S/C29H33F3N4O4S/c1-34-13-9-21(10-14-34)28(37)35(2)25-16-20(17-26-23(25)11-15-36(26)19-29(30,31)32)6-5-12-33-24-18-22(41(4,38)39)7-8-27(24)40-3/h7-8,11,15-18,21,33H,9-10,12-14,19H2,1-4H3. The average Bonchev–Trinajstić information content (AvgIpc) is 3.30. The summed E-state index contributed by atoms with van der Waals surface area (Å²) >= 11 is 0. The number of anilines is 2. The van der Waals surface area contributed by atoms with E-state index in [2.05, 4.69) is 22.1 Å². The Bertz CT molecular complexity index is 1600. The van der Waals surface area contributed by atoms with Gasteiger partial charge in [0, 0.05) is 36.4 Å². The number of aromatic nitrogens is 1. The van der Waals surface area contributed by atoms with Crippen LogP contribution in [0.5, 0.6) is 5.75 Å². The number of likely N-dealkylation sites (tertiary alicyclic amines) is 1. The maximum atomic E-state index is 13.4. The van der Waals surface area contributed by atoms with Crippen LogP contribution in [0.3, 0.4) is 0 Å². The molecule has 8 nitrogen and oxygen atoms in total. The first kappa shape index (κ1) is 30.3. The summed E-state index contributed by atoms with van der Waals surface area (Å²) in [6, 6.07) is 9.32. The minimum Gasteiger partial charge on any atom is -0.495 e. The van der Waals surface area contributed by atoms with Gasteiger partial charge in [0.05, 0.1) is 35.4 Å². The van der Waals surface area contributed by atoms with E-state index >= 15 is 0 Å². The molecule has 1 aliphatic rings. The Morgan fingerprint density at radius 3 is 2.51 bits per heavy atom. The molecular weight excluding hydrogens is 557 g/mol. The Labute approximate surface area is 238 Å². The van der Waals surface area contributed by atoms with E-state index in [0.717, 1.165) is 23.9 Å². The first-order valence-electron chi connectivity index (χ1n) is 13.0. The fourth-order valence-corrected chi connectivity index (χ4v) is 5.59. The van der Waals surface area contributed by atoms with Gasteiger partial charge in [0.1, 0.15) is 12.3 Å². The molecule has 1 N–H and O–H groups in total. The number of halogens is 3. The summed E-state index contributed by atoms with van der Waals surface area (Å²) in [6.07, 6.45) is -0.516. The van der Waals surface area contributed by atoms with Crippen molar-refractivity contribution in [1.29, 1.82) is 0 Å². The Morgan fingerprint density at radius 1 is 1.17 bits per heavy atom. The third-order valence-corrected chi connectivity index (χ3v) is 8.29. The summed E-state index contributed by atoms with van der Waals surface area (Å²) < 4.78 is 70.2. The second kappa shape index (κ2) is 12.0. The number of hydrogen-bond acceptors (Lipinski definition) is 6. The SMILES string of the molecule is COc1ccc(S(C)(=O)=O)cc1NCC#Cc1cc(N(C)C(=O)C2CCN(C)CC2)c2ccn(CC(F)(F)F)c2c1. The molecule has 0 atom stereocenters. The molecule has 41 heavy (non-hydrogen) atoms. The molecule has 4 rings (SSSR count). The van der Waals surface area contributed by atoms with Crippen LogP contribution >= 0.6 is 0 Å². The fourth-order valence-electron chi connectivity index (χ4n) is 4.95. The van der Waals surface area contributed by atoms with Gasteiger partial charge in [-0.1, -0.05) is 11.8 Å². The molecule has 0 saturated carbocycles. The van der Waals surface area contributed by atoms with Gasteiger partial charge in [-0.3, -0.25) is 4.79 Å². The Morgan fingerprint density at radius 2 is 1.88 bits per heavy atom. The molecule has 12 heteroatoms. The van der Waals surface area contributed by atoms with E-state index in [0.29, 0.717) is 46.4 Å². The van der Waals surface area contributed by atoms with E-state index in [1.54, 1.807) is 31.3 Å². The number of methoxy groups -OCH3 is 1. The summed E-state index contributed by atoms with van der Waals surface area (Å²) in [5, 5.41) is 3.57. The van der Waals surface area contributed by atoms with Crippen LogP contribution in [-0.2, 0) is 21.2 Å². The maximum absolute atomic E-state index is 13.4. The predicted molar refractivity (Wildman–Crippen MR) is 153 cm³/mol. The topological polar surface area (TPSA) is 83.9 Å². The van der Waals surface area contributed by atoms with Gasteiger partial charge < -0.3 is 24.4 Å². The van der Waals surface area contributed by atoms with Crippen LogP contribution in [0.25, 0.3) is 10.9 Å². The summed E-state index contributed by atoms with van der Waals surface area (Å²) in [6.45, 7) is 0.540. The number of carbonyl (C=O) groups is 1. The van der Waals surface area contributed by atoms with Crippen LogP contribution in [0.4, 0.5) is 24.5 Å². The van der Waals surface area contributed by atoms with Crippen molar-refractivity contribution in [3.8, 4) is 17.6 Å². The molecule has 0 spiro atoms. The fraction of sp³-hybridized carbons (Fsp3) is 0.414. The molecule has 1 aromatic heterocycles. The smallest absolute Gasteiger partial charge is 0.406 e. The molecule has 0 bridgehead atoms. The van der Waals surface area contributed by atoms with Gasteiger partial charge >= 0.3 is 6.18 Å². The van der Waals surface area contributed by atoms with Gasteiger partial charge in [-0.25, -0.2) is 8.42 Å². The number of fused-ring (bicyclic) bond motifs is 1. The first-order valence-corrected chi connectivity index (χ1v) is 14.9. The summed E-state index contributed by atoms with van der Waals surface area (Å²) in [4.78, 5) is 17.2. The summed E-state index contributed by atoms with van der Waals surface area (Å²) in [5.41, 5.74) is 1.69. The third kappa shape index (κ3) is 7.34. The molecule has 1 amide bonds. The molecule has 0 aliphatic carbocycles. The highest BCUT2D eigenvalue weighted by Gasteiger charge is 2.30. The zero-order valence-electron chi connectivity index (χ0n) is 23.4. The van der Waals surface area contributed by atoms with E-state index in [1.807, 2.05) is 7.05 Å². The molecule has 220 valence electrons. The molecule has 1 fully saturated rings. The van der Waals surface area contributed by atoms with Crippen LogP contribution in [0.15, 0.2) is 47.5 Å². The zero-order valence-corrected chi connectivity index (χ0v) is 24.2. The van der Waals surface area contributed by atoms with Crippen LogP contribution in [0.1, 0.15) is 18.4 Å². The van der Waals surface area contributed by atoms with Gasteiger partial charge in [0.15, 0.2) is 9.84 Å². The molecule has 2 heterocycles. The average molecular weight is 591 g/mol. The minimum absolute atomic E-state index is 0.0763. The highest BCUT2D eigenvalue weighted by atomic mass is 32.2. The van der Waals surface area contributed by atoms with Gasteiger partial charge in [-0.15, -0.1) is 0 Å². The molecule has 1 saturated heterocycles. The van der Waals surface area contributed by atoms with E-state index in [4.69, 9.17) is 4.74 Å². The Balaban J connectivity index is 1.65. The highest BCUT2D eigenvalue weighted by molar-refractivity contribution is 7.90. The van der Waals surface area contributed by atoms with Gasteiger partial charge in [-0.05, 0) is 69.4 Å². The number of carbonyl (C=O) groups excluding carboxylic acids is 1. The van der Waals surface area contributed by atoms with Crippen molar-refractivity contribution in [3.63, 3.8) is 0 Å². The van der Waals surface area contributed by atoms with E-state index in [1.165, 1.54) is 30.3 Å². The number of hydrogen-bond donors (Lipinski definition) is 1. The number of piperidine rings is 1. The van der Waals surface area contributed by atoms with E-state index in [-0.39, 0.29) is 23.3 Å². The van der Waals surface area contributed by atoms with E-state index in [9.17, 15) is 26.4 Å². The molecule has 0 unspecified atom stereocenters. The third-order valence-electron chi connectivity index (χ3n) is 7.18. The Hall–Kier alpha value is -3.69. The van der Waals surface area contributed by atoms with Gasteiger partial charge in [0.25, 0.3) is 0 Å². The number of nitrogens with one attached hydrogen (secondary N) is 1. The van der Waals surface area contributed by atoms with Crippen molar-refractivity contribution in [2.24, 2.45) is 5.92 Å². The van der Waals surface area contributed by atoms with Crippen molar-refractivity contribution in [2.45, 2.75) is 30.5 Å². The number of sulfone groups is 1. The van der Waals surface area contributed by atoms with Crippen molar-refractivity contribution in [2.75, 3.05) is 57.3 Å². The van der Waals surface area contributed by atoms with Crippen LogP contribution < -0.4 is 15.0 Å². The van der Waals surface area contributed by atoms with Crippen LogP contribution in [0.2, 0.25) is 0 Å². The molecule has 2 aromatic carbocycles. The van der Waals surface area contributed by atoms with Crippen LogP contribution in [-0.4, -0.2) is 77.1 Å². The maximum Gasteiger partial charge on any atom is 0.406 e. The number of rotatable bonds is 7. The van der Waals surface area contributed by atoms with Crippen molar-refractivity contribution < 1.29 is 31.1 Å². The number of ether oxygens (including phenoxy) is 1. The van der Waals surface area contributed by atoms with E-state index < -0.39 is 22.6 Å². The summed E-state index contributed by atoms with van der Waals surface area (Å²) in [7, 11) is 1.68. The van der Waals surface area contributed by atoms with Crippen LogP contribution in [0, 0.1) is 17.8 Å². The number of alkyl halides is 3. The quantitative estimate of drug-likeness (QED) is 0.412. The normalized spacial score (nSPS) is 14.9. The zero-order chi connectivity index (χ0) is 29.9. The predicted octanol–water partition coefficient (Wildman–Crippen LogP) is 4.38. The Kier molecular flexibility index (Phi) is 8.89. The molecule has 3 aromatic rings. The second-order valence-corrected chi connectivity index (χ2v) is 12.3. The lowest BCUT2D eigenvalue weighted by atomic mass is 9.95. The number of nitrogens with zero attached hydrogens (tertiary/aromatic N) is 3. The minimum atomic E-state index is -4.42. The lowest BCUT2D eigenvalue weighted by Crippen LogP contribution is -2.40. The van der Waals surface area contributed by atoms with Crippen molar-refractivity contribution in [3.05, 3.63) is 48.2 Å². The molecule has 0 radical (unpaired) electrons. The summed E-state index contributed by atoms with van der Waals surface area (Å²) in [5.74, 6) is 6.11.